The molecule has 2 rings (SSSR count). The van der Waals surface area contributed by atoms with Crippen molar-refractivity contribution in [3.05, 3.63) is 29.8 Å². The normalized spacial score (nSPS) is 18.1. The molecule has 0 radical (unpaired) electrons. The van der Waals surface area contributed by atoms with Gasteiger partial charge in [-0.05, 0) is 58.1 Å². The van der Waals surface area contributed by atoms with Gasteiger partial charge in [-0.25, -0.2) is 8.42 Å². The molecule has 0 aliphatic carbocycles. The van der Waals surface area contributed by atoms with Crippen molar-refractivity contribution in [2.45, 2.75) is 38.0 Å². The van der Waals surface area contributed by atoms with Gasteiger partial charge in [-0.2, -0.15) is 13.2 Å². The lowest BCUT2D eigenvalue weighted by molar-refractivity contribution is -0.137. The third kappa shape index (κ3) is 5.58. The highest BCUT2D eigenvalue weighted by atomic mass is 32.2. The third-order valence-electron chi connectivity index (χ3n) is 4.58. The van der Waals surface area contributed by atoms with Crippen LogP contribution in [0, 0.1) is 0 Å². The van der Waals surface area contributed by atoms with Crippen LogP contribution < -0.4 is 9.62 Å². The highest BCUT2D eigenvalue weighted by molar-refractivity contribution is 7.92. The minimum Gasteiger partial charge on any atom is -0.351 e. The van der Waals surface area contributed by atoms with Gasteiger partial charge in [0.2, 0.25) is 15.9 Å². The van der Waals surface area contributed by atoms with E-state index in [4.69, 9.17) is 0 Å². The monoisotopic (exact) mass is 407 g/mol. The van der Waals surface area contributed by atoms with E-state index in [1.165, 1.54) is 13.0 Å². The van der Waals surface area contributed by atoms with Crippen molar-refractivity contribution < 1.29 is 26.4 Å². The number of rotatable bonds is 5. The fraction of sp³-hybridized carbons (Fsp3) is 0.588. The minimum atomic E-state index is -4.61. The molecule has 0 spiro atoms. The van der Waals surface area contributed by atoms with Crippen LogP contribution in [-0.4, -0.2) is 57.7 Å². The predicted octanol–water partition coefficient (Wildman–Crippen LogP) is 2.07. The summed E-state index contributed by atoms with van der Waals surface area (Å²) < 4.78 is 64.1. The second kappa shape index (κ2) is 8.05. The van der Waals surface area contributed by atoms with Crippen LogP contribution in [0.15, 0.2) is 24.3 Å². The maximum absolute atomic E-state index is 13.0. The molecule has 10 heteroatoms. The molecule has 1 atom stereocenters. The molecular weight excluding hydrogens is 383 g/mol. The number of likely N-dealkylation sites (tertiary alicyclic amines) is 1. The van der Waals surface area contributed by atoms with Crippen molar-refractivity contribution in [2.24, 2.45) is 0 Å². The summed E-state index contributed by atoms with van der Waals surface area (Å²) in [4.78, 5) is 14.7. The fourth-order valence-electron chi connectivity index (χ4n) is 3.10. The lowest BCUT2D eigenvalue weighted by Crippen LogP contribution is -2.52. The Morgan fingerprint density at radius 2 is 1.89 bits per heavy atom. The Morgan fingerprint density at radius 3 is 2.41 bits per heavy atom. The summed E-state index contributed by atoms with van der Waals surface area (Å²) >= 11 is 0. The van der Waals surface area contributed by atoms with Crippen LogP contribution in [0.5, 0.6) is 0 Å². The summed E-state index contributed by atoms with van der Waals surface area (Å²) in [6, 6.07) is 2.70. The highest BCUT2D eigenvalue weighted by Gasteiger charge is 2.34. The summed E-state index contributed by atoms with van der Waals surface area (Å²) in [5.41, 5.74) is -1.17. The van der Waals surface area contributed by atoms with Gasteiger partial charge < -0.3 is 10.2 Å². The Labute approximate surface area is 157 Å². The summed E-state index contributed by atoms with van der Waals surface area (Å²) in [5.74, 6) is -0.535. The molecule has 1 aromatic carbocycles. The number of piperidine rings is 1. The van der Waals surface area contributed by atoms with Crippen LogP contribution >= 0.6 is 0 Å². The van der Waals surface area contributed by atoms with E-state index >= 15 is 0 Å². The first kappa shape index (κ1) is 21.5. The van der Waals surface area contributed by atoms with Gasteiger partial charge in [-0.3, -0.25) is 9.10 Å². The lowest BCUT2D eigenvalue weighted by atomic mass is 10.1. The number of nitrogens with one attached hydrogen (secondary N) is 1. The van der Waals surface area contributed by atoms with E-state index in [0.29, 0.717) is 0 Å². The van der Waals surface area contributed by atoms with E-state index in [-0.39, 0.29) is 11.7 Å². The van der Waals surface area contributed by atoms with E-state index in [1.54, 1.807) is 0 Å². The number of alkyl halides is 3. The van der Waals surface area contributed by atoms with Gasteiger partial charge in [0, 0.05) is 6.04 Å². The molecule has 1 aliphatic heterocycles. The first-order valence-corrected chi connectivity index (χ1v) is 10.4. The van der Waals surface area contributed by atoms with Crippen LogP contribution in [0.1, 0.15) is 25.3 Å². The Kier molecular flexibility index (Phi) is 6.41. The van der Waals surface area contributed by atoms with E-state index in [2.05, 4.69) is 10.2 Å². The quantitative estimate of drug-likeness (QED) is 0.811. The molecule has 27 heavy (non-hydrogen) atoms. The van der Waals surface area contributed by atoms with Crippen molar-refractivity contribution in [1.82, 2.24) is 10.2 Å². The first-order chi connectivity index (χ1) is 12.4. The Hall–Kier alpha value is -1.81. The number of sulfonamides is 1. The zero-order valence-corrected chi connectivity index (χ0v) is 16.3. The van der Waals surface area contributed by atoms with Gasteiger partial charge >= 0.3 is 6.18 Å². The van der Waals surface area contributed by atoms with Gasteiger partial charge in [-0.15, -0.1) is 0 Å². The van der Waals surface area contributed by atoms with Crippen LogP contribution in [0.3, 0.4) is 0 Å². The summed E-state index contributed by atoms with van der Waals surface area (Å²) in [5, 5.41) is 2.81. The van der Waals surface area contributed by atoms with Crippen LogP contribution in [-0.2, 0) is 21.0 Å². The predicted molar refractivity (Wildman–Crippen MR) is 96.9 cm³/mol. The number of hydrogen-bond donors (Lipinski definition) is 1. The lowest BCUT2D eigenvalue weighted by Gasteiger charge is -2.33. The van der Waals surface area contributed by atoms with Gasteiger partial charge in [0.05, 0.1) is 17.5 Å². The molecule has 152 valence electrons. The van der Waals surface area contributed by atoms with Crippen LogP contribution in [0.4, 0.5) is 18.9 Å². The van der Waals surface area contributed by atoms with Crippen molar-refractivity contribution in [3.63, 3.8) is 0 Å². The largest absolute Gasteiger partial charge is 0.416 e. The third-order valence-corrected chi connectivity index (χ3v) is 5.82. The van der Waals surface area contributed by atoms with E-state index in [0.717, 1.165) is 54.7 Å². The number of anilines is 1. The number of carbonyl (C=O) groups excluding carboxylic acids is 1. The highest BCUT2D eigenvalue weighted by Crippen LogP contribution is 2.32. The Morgan fingerprint density at radius 1 is 1.30 bits per heavy atom. The molecule has 0 saturated carbocycles. The SMILES string of the molecule is CC(C(=O)NC1CCN(C)CC1)N(c1cccc(C(F)(F)F)c1)S(C)(=O)=O. The maximum atomic E-state index is 13.0. The molecule has 1 unspecified atom stereocenters. The molecule has 1 saturated heterocycles. The molecule has 6 nitrogen and oxygen atoms in total. The van der Waals surface area contributed by atoms with Crippen LogP contribution in [0.25, 0.3) is 0 Å². The van der Waals surface area contributed by atoms with Crippen molar-refractivity contribution >= 4 is 21.6 Å². The number of hydrogen-bond acceptors (Lipinski definition) is 4. The zero-order valence-electron chi connectivity index (χ0n) is 15.5. The first-order valence-electron chi connectivity index (χ1n) is 8.55. The molecule has 1 heterocycles. The van der Waals surface area contributed by atoms with Crippen molar-refractivity contribution in [3.8, 4) is 0 Å². The zero-order chi connectivity index (χ0) is 20.4. The number of benzene rings is 1. The summed E-state index contributed by atoms with van der Waals surface area (Å²) in [6.07, 6.45) is -2.28. The second-order valence-electron chi connectivity index (χ2n) is 6.87. The van der Waals surface area contributed by atoms with Gasteiger partial charge in [0.1, 0.15) is 6.04 Å². The van der Waals surface area contributed by atoms with E-state index in [1.807, 2.05) is 7.05 Å². The van der Waals surface area contributed by atoms with Gasteiger partial charge in [0.25, 0.3) is 0 Å². The average molecular weight is 407 g/mol. The Bertz CT molecular complexity index is 775. The Balaban J connectivity index is 2.25. The van der Waals surface area contributed by atoms with Gasteiger partial charge in [-0.1, -0.05) is 6.07 Å². The molecule has 1 aliphatic rings. The van der Waals surface area contributed by atoms with Crippen molar-refractivity contribution in [2.75, 3.05) is 30.7 Å². The molecule has 0 bridgehead atoms. The number of carbonyl (C=O) groups is 1. The van der Waals surface area contributed by atoms with Crippen molar-refractivity contribution in [1.29, 1.82) is 0 Å². The summed E-state index contributed by atoms with van der Waals surface area (Å²) in [7, 11) is -2.01. The van der Waals surface area contributed by atoms with Crippen LogP contribution in [0.2, 0.25) is 0 Å². The molecule has 0 aromatic heterocycles. The second-order valence-corrected chi connectivity index (χ2v) is 8.73. The molecular formula is C17H24F3N3O3S. The molecule has 1 amide bonds. The maximum Gasteiger partial charge on any atom is 0.416 e. The number of amides is 1. The smallest absolute Gasteiger partial charge is 0.351 e. The topological polar surface area (TPSA) is 69.7 Å². The minimum absolute atomic E-state index is 0.0842. The molecule has 1 fully saturated rings. The van der Waals surface area contributed by atoms with E-state index < -0.39 is 33.7 Å². The number of nitrogens with zero attached hydrogens (tertiary/aromatic N) is 2. The average Bonchev–Trinajstić information content (AvgIpc) is 2.55. The molecule has 1 aromatic rings. The molecule has 1 N–H and O–H groups in total. The van der Waals surface area contributed by atoms with Gasteiger partial charge in [0.15, 0.2) is 0 Å². The number of halogens is 3. The standard InChI is InChI=1S/C17H24F3N3O3S/c1-12(16(24)21-14-7-9-22(2)10-8-14)23(27(3,25)26)15-6-4-5-13(11-15)17(18,19)20/h4-6,11-12,14H,7-10H2,1-3H3,(H,21,24). The fourth-order valence-corrected chi connectivity index (χ4v) is 4.27. The van der Waals surface area contributed by atoms with E-state index in [9.17, 15) is 26.4 Å². The summed E-state index contributed by atoms with van der Waals surface area (Å²) in [6.45, 7) is 2.98.